The summed E-state index contributed by atoms with van der Waals surface area (Å²) in [6.07, 6.45) is 0.924. The molecule has 94 valence electrons. The molecule has 0 aliphatic rings. The molecule has 0 fully saturated rings. The second-order valence-electron chi connectivity index (χ2n) is 3.66. The van der Waals surface area contributed by atoms with E-state index in [4.69, 9.17) is 5.11 Å². The second-order valence-corrected chi connectivity index (χ2v) is 5.80. The van der Waals surface area contributed by atoms with Gasteiger partial charge in [-0.1, -0.05) is 0 Å². The first-order valence-electron chi connectivity index (χ1n) is 4.59. The molecule has 0 aromatic carbocycles. The number of aromatic carboxylic acids is 1. The van der Waals surface area contributed by atoms with Gasteiger partial charge in [0.1, 0.15) is 11.4 Å². The lowest BCUT2D eigenvalue weighted by Gasteiger charge is -2.02. The zero-order valence-corrected chi connectivity index (χ0v) is 10.1. The monoisotopic (exact) mass is 260 g/mol. The van der Waals surface area contributed by atoms with Gasteiger partial charge in [0.2, 0.25) is 5.91 Å². The van der Waals surface area contributed by atoms with Crippen LogP contribution in [-0.2, 0) is 14.6 Å². The molecular formula is C9H12N2O5S. The van der Waals surface area contributed by atoms with Gasteiger partial charge in [0, 0.05) is 11.9 Å². The van der Waals surface area contributed by atoms with E-state index in [2.05, 4.69) is 10.3 Å². The lowest BCUT2D eigenvalue weighted by molar-refractivity contribution is -0.113. The number of aryl methyl sites for hydroxylation is 1. The van der Waals surface area contributed by atoms with Crippen LogP contribution in [0.25, 0.3) is 0 Å². The molecule has 0 spiro atoms. The molecule has 1 aromatic rings. The number of carboxylic acid groups (broad SMARTS) is 1. The van der Waals surface area contributed by atoms with Crippen LogP contribution >= 0.6 is 0 Å². The van der Waals surface area contributed by atoms with Crippen molar-refractivity contribution >= 4 is 27.4 Å². The number of aromatic amines is 1. The number of H-pyrrole nitrogens is 1. The fourth-order valence-electron chi connectivity index (χ4n) is 1.28. The van der Waals surface area contributed by atoms with Gasteiger partial charge in [0.15, 0.2) is 9.84 Å². The average molecular weight is 260 g/mol. The van der Waals surface area contributed by atoms with Crippen molar-refractivity contribution in [3.63, 3.8) is 0 Å². The van der Waals surface area contributed by atoms with Crippen molar-refractivity contribution in [3.05, 3.63) is 17.5 Å². The van der Waals surface area contributed by atoms with Crippen LogP contribution in [0.15, 0.2) is 6.07 Å². The third kappa shape index (κ3) is 3.91. The largest absolute Gasteiger partial charge is 0.477 e. The summed E-state index contributed by atoms with van der Waals surface area (Å²) in [4.78, 5) is 24.7. The fraction of sp³-hybridized carbons (Fsp3) is 0.333. The lowest BCUT2D eigenvalue weighted by Crippen LogP contribution is -2.22. The first kappa shape index (κ1) is 13.2. The minimum absolute atomic E-state index is 0.0589. The van der Waals surface area contributed by atoms with Crippen molar-refractivity contribution in [2.75, 3.05) is 17.3 Å². The maximum absolute atomic E-state index is 11.3. The molecule has 0 bridgehead atoms. The van der Waals surface area contributed by atoms with Crippen LogP contribution in [-0.4, -0.2) is 42.4 Å². The summed E-state index contributed by atoms with van der Waals surface area (Å²) in [5.74, 6) is -2.68. The molecule has 1 aromatic heterocycles. The minimum Gasteiger partial charge on any atom is -0.477 e. The Hall–Kier alpha value is -1.83. The quantitative estimate of drug-likeness (QED) is 0.704. The summed E-state index contributed by atoms with van der Waals surface area (Å²) in [5, 5.41) is 11.1. The molecule has 7 nitrogen and oxygen atoms in total. The number of carbonyl (C=O) groups is 2. The Morgan fingerprint density at radius 3 is 2.53 bits per heavy atom. The van der Waals surface area contributed by atoms with Crippen LogP contribution < -0.4 is 5.32 Å². The average Bonchev–Trinajstić information content (AvgIpc) is 2.42. The van der Waals surface area contributed by atoms with Crippen LogP contribution in [0, 0.1) is 6.92 Å². The number of amides is 1. The number of nitrogens with one attached hydrogen (secondary N) is 2. The van der Waals surface area contributed by atoms with Crippen LogP contribution in [0.2, 0.25) is 0 Å². The Morgan fingerprint density at radius 2 is 2.06 bits per heavy atom. The molecule has 0 saturated heterocycles. The fourth-order valence-corrected chi connectivity index (χ4v) is 1.83. The summed E-state index contributed by atoms with van der Waals surface area (Å²) in [6, 6.07) is 1.42. The third-order valence-corrected chi connectivity index (χ3v) is 2.62. The van der Waals surface area contributed by atoms with Gasteiger partial charge in [-0.2, -0.15) is 0 Å². The number of sulfone groups is 1. The van der Waals surface area contributed by atoms with E-state index in [1.807, 2.05) is 0 Å². The smallest absolute Gasteiger partial charge is 0.354 e. The van der Waals surface area contributed by atoms with E-state index in [0.29, 0.717) is 5.69 Å². The highest BCUT2D eigenvalue weighted by atomic mass is 32.2. The topological polar surface area (TPSA) is 116 Å². The maximum atomic E-state index is 11.3. The summed E-state index contributed by atoms with van der Waals surface area (Å²) in [6.45, 7) is 1.62. The minimum atomic E-state index is -3.44. The van der Waals surface area contributed by atoms with E-state index in [9.17, 15) is 18.0 Å². The first-order chi connectivity index (χ1) is 7.69. The zero-order valence-electron chi connectivity index (χ0n) is 9.27. The molecule has 8 heteroatoms. The third-order valence-electron chi connectivity index (χ3n) is 1.83. The number of rotatable bonds is 4. The van der Waals surface area contributed by atoms with Crippen LogP contribution in [0.3, 0.4) is 0 Å². The normalized spacial score (nSPS) is 11.2. The molecule has 3 N–H and O–H groups in total. The molecule has 0 saturated carbocycles. The SMILES string of the molecule is Cc1cc(NC(=O)CS(C)(=O)=O)c(C(=O)O)[nH]1. The Kier molecular flexibility index (Phi) is 3.56. The first-order valence-corrected chi connectivity index (χ1v) is 6.65. The van der Waals surface area contributed by atoms with Gasteiger partial charge < -0.3 is 15.4 Å². The molecule has 0 aliphatic heterocycles. The lowest BCUT2D eigenvalue weighted by atomic mass is 10.3. The molecule has 0 aliphatic carbocycles. The molecule has 0 unspecified atom stereocenters. The van der Waals surface area contributed by atoms with Gasteiger partial charge in [0.25, 0.3) is 0 Å². The predicted molar refractivity (Wildman–Crippen MR) is 60.8 cm³/mol. The number of hydrogen-bond donors (Lipinski definition) is 3. The highest BCUT2D eigenvalue weighted by Gasteiger charge is 2.17. The van der Waals surface area contributed by atoms with Gasteiger partial charge in [-0.05, 0) is 13.0 Å². The van der Waals surface area contributed by atoms with Gasteiger partial charge >= 0.3 is 5.97 Å². The Morgan fingerprint density at radius 1 is 1.47 bits per heavy atom. The highest BCUT2D eigenvalue weighted by Crippen LogP contribution is 2.16. The van der Waals surface area contributed by atoms with Gasteiger partial charge in [-0.3, -0.25) is 4.79 Å². The van der Waals surface area contributed by atoms with Gasteiger partial charge in [-0.15, -0.1) is 0 Å². The standard InChI is InChI=1S/C9H12N2O5S/c1-5-3-6(8(10-5)9(13)14)11-7(12)4-17(2,15)16/h3,10H,4H2,1-2H3,(H,11,12)(H,13,14). The van der Waals surface area contributed by atoms with Crippen LogP contribution in [0.1, 0.15) is 16.2 Å². The van der Waals surface area contributed by atoms with E-state index < -0.39 is 27.5 Å². The van der Waals surface area contributed by atoms with Crippen molar-refractivity contribution in [2.24, 2.45) is 0 Å². The van der Waals surface area contributed by atoms with E-state index in [-0.39, 0.29) is 11.4 Å². The number of hydrogen-bond acceptors (Lipinski definition) is 4. The number of aromatic nitrogens is 1. The van der Waals surface area contributed by atoms with E-state index >= 15 is 0 Å². The summed E-state index contributed by atoms with van der Waals surface area (Å²) in [5.41, 5.74) is 0.435. The Balaban J connectivity index is 2.89. The predicted octanol–water partition coefficient (Wildman–Crippen LogP) is 0.00442. The molecule has 0 radical (unpaired) electrons. The molecular weight excluding hydrogens is 248 g/mol. The highest BCUT2D eigenvalue weighted by molar-refractivity contribution is 7.91. The van der Waals surface area contributed by atoms with Crippen molar-refractivity contribution < 1.29 is 23.1 Å². The Bertz CT molecular complexity index is 558. The summed E-state index contributed by atoms with van der Waals surface area (Å²) < 4.78 is 21.7. The maximum Gasteiger partial charge on any atom is 0.354 e. The van der Waals surface area contributed by atoms with E-state index in [0.717, 1.165) is 6.26 Å². The zero-order chi connectivity index (χ0) is 13.2. The van der Waals surface area contributed by atoms with Crippen molar-refractivity contribution in [3.8, 4) is 0 Å². The summed E-state index contributed by atoms with van der Waals surface area (Å²) >= 11 is 0. The molecule has 0 atom stereocenters. The number of carboxylic acids is 1. The van der Waals surface area contributed by atoms with Gasteiger partial charge in [0.05, 0.1) is 5.69 Å². The number of carbonyl (C=O) groups excluding carboxylic acids is 1. The van der Waals surface area contributed by atoms with E-state index in [1.54, 1.807) is 6.92 Å². The molecule has 1 amide bonds. The second kappa shape index (κ2) is 4.58. The van der Waals surface area contributed by atoms with Crippen molar-refractivity contribution in [1.82, 2.24) is 4.98 Å². The van der Waals surface area contributed by atoms with E-state index in [1.165, 1.54) is 6.07 Å². The Labute approximate surface area is 97.8 Å². The van der Waals surface area contributed by atoms with Crippen LogP contribution in [0.5, 0.6) is 0 Å². The van der Waals surface area contributed by atoms with Crippen molar-refractivity contribution in [1.29, 1.82) is 0 Å². The molecule has 1 rings (SSSR count). The van der Waals surface area contributed by atoms with Gasteiger partial charge in [-0.25, -0.2) is 13.2 Å². The molecule has 1 heterocycles. The number of anilines is 1. The molecule has 17 heavy (non-hydrogen) atoms. The summed E-state index contributed by atoms with van der Waals surface area (Å²) in [7, 11) is -3.44. The van der Waals surface area contributed by atoms with Crippen LogP contribution in [0.4, 0.5) is 5.69 Å². The van der Waals surface area contributed by atoms with Crippen molar-refractivity contribution in [2.45, 2.75) is 6.92 Å².